The average Bonchev–Trinajstić information content (AvgIpc) is 2.53. The number of amides is 1. The first kappa shape index (κ1) is 16.5. The number of pyridine rings is 1. The molecule has 1 aromatic heterocycles. The van der Waals surface area contributed by atoms with Gasteiger partial charge in [-0.15, -0.1) is 0 Å². The molecule has 0 aliphatic heterocycles. The number of carbonyl (C=O) groups is 1. The maximum absolute atomic E-state index is 11.8. The Morgan fingerprint density at radius 3 is 2.68 bits per heavy atom. The van der Waals surface area contributed by atoms with Gasteiger partial charge in [-0.3, -0.25) is 9.78 Å². The van der Waals surface area contributed by atoms with E-state index in [1.165, 1.54) is 11.1 Å². The Balaban J connectivity index is 1.56. The Labute approximate surface area is 136 Å². The predicted octanol–water partition coefficient (Wildman–Crippen LogP) is 3.81. The van der Waals surface area contributed by atoms with E-state index in [1.54, 1.807) is 6.20 Å². The molecule has 0 saturated carbocycles. The third kappa shape index (κ3) is 6.27. The van der Waals surface area contributed by atoms with Crippen molar-refractivity contribution in [3.8, 4) is 0 Å². The SMILES string of the molecule is O=C(CCCc1cccc(Cl)c1)NCCCc1cccnc1. The zero-order chi connectivity index (χ0) is 15.6. The zero-order valence-electron chi connectivity index (χ0n) is 12.6. The van der Waals surface area contributed by atoms with E-state index in [0.29, 0.717) is 13.0 Å². The van der Waals surface area contributed by atoms with Gasteiger partial charge in [-0.25, -0.2) is 0 Å². The highest BCUT2D eigenvalue weighted by Crippen LogP contribution is 2.12. The van der Waals surface area contributed by atoms with Gasteiger partial charge in [0.15, 0.2) is 0 Å². The lowest BCUT2D eigenvalue weighted by Crippen LogP contribution is -2.24. The molecule has 2 rings (SSSR count). The van der Waals surface area contributed by atoms with Gasteiger partial charge in [0.2, 0.25) is 5.91 Å². The van der Waals surface area contributed by atoms with Gasteiger partial charge >= 0.3 is 0 Å². The van der Waals surface area contributed by atoms with Crippen LogP contribution in [0, 0.1) is 0 Å². The highest BCUT2D eigenvalue weighted by atomic mass is 35.5. The molecule has 22 heavy (non-hydrogen) atoms. The Morgan fingerprint density at radius 1 is 1.09 bits per heavy atom. The third-order valence-corrected chi connectivity index (χ3v) is 3.68. The van der Waals surface area contributed by atoms with E-state index in [9.17, 15) is 4.79 Å². The normalized spacial score (nSPS) is 10.4. The van der Waals surface area contributed by atoms with E-state index in [2.05, 4.69) is 16.4 Å². The first-order valence-electron chi connectivity index (χ1n) is 7.64. The van der Waals surface area contributed by atoms with Crippen molar-refractivity contribution < 1.29 is 4.79 Å². The number of nitrogens with one attached hydrogen (secondary N) is 1. The number of hydrogen-bond donors (Lipinski definition) is 1. The fraction of sp³-hybridized carbons (Fsp3) is 0.333. The molecule has 0 aliphatic rings. The zero-order valence-corrected chi connectivity index (χ0v) is 13.4. The number of aromatic nitrogens is 1. The van der Waals surface area contributed by atoms with Crippen molar-refractivity contribution in [3.05, 3.63) is 64.9 Å². The third-order valence-electron chi connectivity index (χ3n) is 3.45. The first-order chi connectivity index (χ1) is 10.7. The van der Waals surface area contributed by atoms with Crippen LogP contribution in [-0.2, 0) is 17.6 Å². The molecule has 0 radical (unpaired) electrons. The number of nitrogens with zero attached hydrogens (tertiary/aromatic N) is 1. The van der Waals surface area contributed by atoms with Gasteiger partial charge in [0.25, 0.3) is 0 Å². The summed E-state index contributed by atoms with van der Waals surface area (Å²) >= 11 is 5.94. The van der Waals surface area contributed by atoms with Crippen LogP contribution in [0.15, 0.2) is 48.8 Å². The topological polar surface area (TPSA) is 42.0 Å². The van der Waals surface area contributed by atoms with Gasteiger partial charge in [0, 0.05) is 30.4 Å². The summed E-state index contributed by atoms with van der Waals surface area (Å²) in [5.74, 6) is 0.119. The molecule has 0 spiro atoms. The van der Waals surface area contributed by atoms with E-state index in [1.807, 2.05) is 36.5 Å². The van der Waals surface area contributed by atoms with Gasteiger partial charge in [0.1, 0.15) is 0 Å². The lowest BCUT2D eigenvalue weighted by molar-refractivity contribution is -0.121. The molecular weight excluding hydrogens is 296 g/mol. The van der Waals surface area contributed by atoms with Gasteiger partial charge in [-0.05, 0) is 55.0 Å². The van der Waals surface area contributed by atoms with Crippen molar-refractivity contribution in [2.45, 2.75) is 32.1 Å². The molecule has 0 atom stereocenters. The monoisotopic (exact) mass is 316 g/mol. The summed E-state index contributed by atoms with van der Waals surface area (Å²) in [5, 5.41) is 3.71. The lowest BCUT2D eigenvalue weighted by Gasteiger charge is -2.06. The summed E-state index contributed by atoms with van der Waals surface area (Å²) in [6.45, 7) is 0.713. The fourth-order valence-corrected chi connectivity index (χ4v) is 2.51. The molecule has 116 valence electrons. The van der Waals surface area contributed by atoms with Gasteiger partial charge in [-0.1, -0.05) is 29.8 Å². The van der Waals surface area contributed by atoms with Crippen molar-refractivity contribution in [1.29, 1.82) is 0 Å². The van der Waals surface area contributed by atoms with Crippen LogP contribution >= 0.6 is 11.6 Å². The Hall–Kier alpha value is -1.87. The maximum Gasteiger partial charge on any atom is 0.220 e. The van der Waals surface area contributed by atoms with Gasteiger partial charge in [0.05, 0.1) is 0 Å². The van der Waals surface area contributed by atoms with Crippen molar-refractivity contribution in [3.63, 3.8) is 0 Å². The molecule has 1 aromatic carbocycles. The van der Waals surface area contributed by atoms with Crippen molar-refractivity contribution >= 4 is 17.5 Å². The highest BCUT2D eigenvalue weighted by molar-refractivity contribution is 6.30. The summed E-state index contributed by atoms with van der Waals surface area (Å²) in [6, 6.07) is 11.8. The molecule has 1 N–H and O–H groups in total. The first-order valence-corrected chi connectivity index (χ1v) is 8.02. The molecule has 3 nitrogen and oxygen atoms in total. The van der Waals surface area contributed by atoms with E-state index >= 15 is 0 Å². The van der Waals surface area contributed by atoms with Crippen LogP contribution in [0.2, 0.25) is 5.02 Å². The predicted molar refractivity (Wildman–Crippen MR) is 90.0 cm³/mol. The average molecular weight is 317 g/mol. The minimum atomic E-state index is 0.119. The molecule has 1 heterocycles. The maximum atomic E-state index is 11.8. The number of rotatable bonds is 8. The molecule has 4 heteroatoms. The molecule has 0 bridgehead atoms. The van der Waals surface area contributed by atoms with Crippen LogP contribution < -0.4 is 5.32 Å². The highest BCUT2D eigenvalue weighted by Gasteiger charge is 2.02. The number of hydrogen-bond acceptors (Lipinski definition) is 2. The van der Waals surface area contributed by atoms with Gasteiger partial charge in [-0.2, -0.15) is 0 Å². The van der Waals surface area contributed by atoms with E-state index in [0.717, 1.165) is 30.7 Å². The van der Waals surface area contributed by atoms with Crippen LogP contribution in [0.5, 0.6) is 0 Å². The summed E-state index contributed by atoms with van der Waals surface area (Å²) in [4.78, 5) is 15.8. The second-order valence-corrected chi connectivity index (χ2v) is 5.73. The number of aryl methyl sites for hydroxylation is 2. The number of carbonyl (C=O) groups excluding carboxylic acids is 1. The summed E-state index contributed by atoms with van der Waals surface area (Å²) in [7, 11) is 0. The summed E-state index contributed by atoms with van der Waals surface area (Å²) in [5.41, 5.74) is 2.38. The van der Waals surface area contributed by atoms with Crippen LogP contribution in [0.4, 0.5) is 0 Å². The second-order valence-electron chi connectivity index (χ2n) is 5.30. The van der Waals surface area contributed by atoms with Crippen LogP contribution in [-0.4, -0.2) is 17.4 Å². The number of benzene rings is 1. The minimum Gasteiger partial charge on any atom is -0.356 e. The van der Waals surface area contributed by atoms with E-state index in [-0.39, 0.29) is 5.91 Å². The Bertz CT molecular complexity index is 587. The standard InChI is InChI=1S/C18H21ClN2O/c19-17-9-1-5-15(13-17)6-2-10-18(22)21-12-4-8-16-7-3-11-20-14-16/h1,3,5,7,9,11,13-14H,2,4,6,8,10,12H2,(H,21,22). The largest absolute Gasteiger partial charge is 0.356 e. The molecule has 1 amide bonds. The quantitative estimate of drug-likeness (QED) is 0.752. The number of halogens is 1. The Kier molecular flexibility index (Phi) is 6.91. The molecule has 0 saturated heterocycles. The lowest BCUT2D eigenvalue weighted by atomic mass is 10.1. The molecule has 0 unspecified atom stereocenters. The summed E-state index contributed by atoms with van der Waals surface area (Å²) in [6.07, 6.45) is 7.79. The van der Waals surface area contributed by atoms with Crippen molar-refractivity contribution in [2.75, 3.05) is 6.54 Å². The van der Waals surface area contributed by atoms with Crippen molar-refractivity contribution in [1.82, 2.24) is 10.3 Å². The summed E-state index contributed by atoms with van der Waals surface area (Å²) < 4.78 is 0. The van der Waals surface area contributed by atoms with E-state index < -0.39 is 0 Å². The van der Waals surface area contributed by atoms with Crippen molar-refractivity contribution in [2.24, 2.45) is 0 Å². The van der Waals surface area contributed by atoms with Crippen LogP contribution in [0.25, 0.3) is 0 Å². The van der Waals surface area contributed by atoms with Crippen LogP contribution in [0.1, 0.15) is 30.4 Å². The molecule has 0 aliphatic carbocycles. The fourth-order valence-electron chi connectivity index (χ4n) is 2.30. The smallest absolute Gasteiger partial charge is 0.220 e. The Morgan fingerprint density at radius 2 is 1.91 bits per heavy atom. The second kappa shape index (κ2) is 9.21. The minimum absolute atomic E-state index is 0.119. The molecule has 2 aromatic rings. The van der Waals surface area contributed by atoms with E-state index in [4.69, 9.17) is 11.6 Å². The molecule has 0 fully saturated rings. The molecular formula is C18H21ClN2O. The van der Waals surface area contributed by atoms with Crippen LogP contribution in [0.3, 0.4) is 0 Å². The van der Waals surface area contributed by atoms with Gasteiger partial charge < -0.3 is 5.32 Å².